The van der Waals surface area contributed by atoms with Crippen molar-refractivity contribution in [3.05, 3.63) is 42.3 Å². The molecule has 30 heavy (non-hydrogen) atoms. The largest absolute Gasteiger partial charge is 0.375 e. The second-order valence-electron chi connectivity index (χ2n) is 9.34. The smallest absolute Gasteiger partial charge is 0.0175 e. The van der Waals surface area contributed by atoms with Crippen LogP contribution in [-0.4, -0.2) is 18.0 Å². The first-order valence-corrected chi connectivity index (χ1v) is 12.9. The molecule has 0 aliphatic rings. The molecule has 0 N–H and O–H groups in total. The second kappa shape index (κ2) is 18.6. The summed E-state index contributed by atoms with van der Waals surface area (Å²) >= 11 is 0. The molecule has 0 spiro atoms. The van der Waals surface area contributed by atoms with Crippen LogP contribution in [-0.2, 0) is 0 Å². The van der Waals surface area contributed by atoms with Crippen LogP contribution >= 0.6 is 0 Å². The molecule has 1 heteroatoms. The van der Waals surface area contributed by atoms with E-state index >= 15 is 0 Å². The summed E-state index contributed by atoms with van der Waals surface area (Å²) in [5.74, 6) is 1.89. The lowest BCUT2D eigenvalue weighted by atomic mass is 9.78. The van der Waals surface area contributed by atoms with Crippen LogP contribution in [0.15, 0.2) is 42.3 Å². The van der Waals surface area contributed by atoms with E-state index in [1.54, 1.807) is 0 Å². The third-order valence-electron chi connectivity index (χ3n) is 6.15. The van der Waals surface area contributed by atoms with Crippen molar-refractivity contribution >= 4 is 0 Å². The normalized spacial score (nSPS) is 12.9. The lowest BCUT2D eigenvalue weighted by molar-refractivity contribution is 0.296. The van der Waals surface area contributed by atoms with E-state index in [1.165, 1.54) is 69.1 Å². The van der Waals surface area contributed by atoms with E-state index < -0.39 is 0 Å². The molecule has 0 bridgehead atoms. The zero-order valence-electron chi connectivity index (χ0n) is 21.4. The van der Waals surface area contributed by atoms with Crippen LogP contribution in [0.25, 0.3) is 0 Å². The van der Waals surface area contributed by atoms with E-state index in [4.69, 9.17) is 0 Å². The van der Waals surface area contributed by atoms with Gasteiger partial charge in [0.05, 0.1) is 0 Å². The molecule has 0 fully saturated rings. The highest BCUT2D eigenvalue weighted by Gasteiger charge is 2.23. The van der Waals surface area contributed by atoms with Gasteiger partial charge in [0.2, 0.25) is 0 Å². The highest BCUT2D eigenvalue weighted by Crippen LogP contribution is 2.33. The van der Waals surface area contributed by atoms with Crippen LogP contribution < -0.4 is 0 Å². The van der Waals surface area contributed by atoms with Crippen LogP contribution in [0.5, 0.6) is 0 Å². The Balaban J connectivity index is 5.20. The molecular formula is C29H53N. The average Bonchev–Trinajstić information content (AvgIpc) is 2.71. The first kappa shape index (κ1) is 28.8. The molecule has 0 saturated carbocycles. The maximum absolute atomic E-state index is 4.42. The Labute approximate surface area is 190 Å². The van der Waals surface area contributed by atoms with E-state index in [-0.39, 0.29) is 0 Å². The number of rotatable bonds is 19. The van der Waals surface area contributed by atoms with Crippen molar-refractivity contribution in [1.82, 2.24) is 4.90 Å². The summed E-state index contributed by atoms with van der Waals surface area (Å²) in [6.45, 7) is 24.5. The molecule has 0 saturated heterocycles. The first-order valence-electron chi connectivity index (χ1n) is 12.9. The number of unbranched alkanes of at least 4 members (excludes halogenated alkanes) is 2. The molecule has 0 aliphatic carbocycles. The van der Waals surface area contributed by atoms with Gasteiger partial charge in [-0.25, -0.2) is 0 Å². The summed E-state index contributed by atoms with van der Waals surface area (Å²) in [7, 11) is 0. The van der Waals surface area contributed by atoms with Gasteiger partial charge in [-0.2, -0.15) is 0 Å². The van der Waals surface area contributed by atoms with Gasteiger partial charge in [0.25, 0.3) is 0 Å². The molecule has 2 atom stereocenters. The Morgan fingerprint density at radius 2 is 1.63 bits per heavy atom. The van der Waals surface area contributed by atoms with Crippen LogP contribution in [0.1, 0.15) is 112 Å². The Bertz CT molecular complexity index is 506. The Morgan fingerprint density at radius 1 is 0.900 bits per heavy atom. The molecule has 0 aromatic rings. The standard InChI is InChI=1S/C29H53N/c1-9-14-15-19-26(8)30(23-12-4)24-16-20-29(28(17-10-2)18-11-3)27(13-5)22-21-25(6)7/h10,13,25,27,29H,5,8-9,11-12,14-16,18-24H2,1-4,6-7H3. The summed E-state index contributed by atoms with van der Waals surface area (Å²) in [6, 6.07) is 0. The van der Waals surface area contributed by atoms with Crippen molar-refractivity contribution in [3.63, 3.8) is 0 Å². The van der Waals surface area contributed by atoms with Crippen LogP contribution in [0.4, 0.5) is 0 Å². The van der Waals surface area contributed by atoms with Gasteiger partial charge in [-0.3, -0.25) is 0 Å². The van der Waals surface area contributed by atoms with Gasteiger partial charge in [0.1, 0.15) is 0 Å². The van der Waals surface area contributed by atoms with Gasteiger partial charge >= 0.3 is 0 Å². The lowest BCUT2D eigenvalue weighted by Crippen LogP contribution is -2.26. The molecule has 0 radical (unpaired) electrons. The topological polar surface area (TPSA) is 3.24 Å². The molecule has 0 rings (SSSR count). The molecule has 0 aromatic heterocycles. The Kier molecular flexibility index (Phi) is 17.8. The molecule has 2 unspecified atom stereocenters. The van der Waals surface area contributed by atoms with Crippen molar-refractivity contribution in [2.45, 2.75) is 112 Å². The van der Waals surface area contributed by atoms with Gasteiger partial charge in [-0.1, -0.05) is 73.0 Å². The highest BCUT2D eigenvalue weighted by molar-refractivity contribution is 5.10. The predicted molar refractivity (Wildman–Crippen MR) is 138 cm³/mol. The fraction of sp³-hybridized carbons (Fsp3) is 0.759. The van der Waals surface area contributed by atoms with Gasteiger partial charge in [0, 0.05) is 18.8 Å². The van der Waals surface area contributed by atoms with E-state index in [1.807, 2.05) is 0 Å². The fourth-order valence-corrected chi connectivity index (χ4v) is 4.41. The van der Waals surface area contributed by atoms with Crippen molar-refractivity contribution in [2.75, 3.05) is 13.1 Å². The highest BCUT2D eigenvalue weighted by atomic mass is 15.1. The van der Waals surface area contributed by atoms with Crippen LogP contribution in [0, 0.1) is 17.8 Å². The zero-order valence-corrected chi connectivity index (χ0v) is 21.4. The third-order valence-corrected chi connectivity index (χ3v) is 6.15. The molecular weight excluding hydrogens is 362 g/mol. The average molecular weight is 416 g/mol. The van der Waals surface area contributed by atoms with E-state index in [2.05, 4.69) is 77.5 Å². The monoisotopic (exact) mass is 415 g/mol. The third kappa shape index (κ3) is 12.5. The number of hydrogen-bond acceptors (Lipinski definition) is 1. The van der Waals surface area contributed by atoms with Gasteiger partial charge in [-0.15, -0.1) is 12.3 Å². The maximum Gasteiger partial charge on any atom is 0.0175 e. The molecule has 174 valence electrons. The zero-order chi connectivity index (χ0) is 22.8. The summed E-state index contributed by atoms with van der Waals surface area (Å²) in [4.78, 5) is 2.56. The van der Waals surface area contributed by atoms with E-state index in [9.17, 15) is 0 Å². The first-order chi connectivity index (χ1) is 14.4. The minimum absolute atomic E-state index is 0.564. The summed E-state index contributed by atoms with van der Waals surface area (Å²) in [5, 5.41) is 0. The van der Waals surface area contributed by atoms with Crippen molar-refractivity contribution in [3.8, 4) is 0 Å². The van der Waals surface area contributed by atoms with E-state index in [0.717, 1.165) is 31.8 Å². The molecule has 0 heterocycles. The van der Waals surface area contributed by atoms with Gasteiger partial charge in [-0.05, 0) is 81.3 Å². The van der Waals surface area contributed by atoms with Crippen LogP contribution in [0.3, 0.4) is 0 Å². The summed E-state index contributed by atoms with van der Waals surface area (Å²) in [6.07, 6.45) is 17.9. The van der Waals surface area contributed by atoms with Crippen molar-refractivity contribution < 1.29 is 0 Å². The summed E-state index contributed by atoms with van der Waals surface area (Å²) in [5.41, 5.74) is 6.48. The molecule has 0 aromatic carbocycles. The molecule has 0 aliphatic heterocycles. The van der Waals surface area contributed by atoms with Crippen molar-refractivity contribution in [2.24, 2.45) is 17.8 Å². The quantitative estimate of drug-likeness (QED) is 0.115. The molecule has 0 amide bonds. The second-order valence-corrected chi connectivity index (χ2v) is 9.34. The number of hydrogen-bond donors (Lipinski definition) is 0. The Hall–Kier alpha value is -1.20. The minimum atomic E-state index is 0.564. The Morgan fingerprint density at radius 3 is 2.17 bits per heavy atom. The van der Waals surface area contributed by atoms with E-state index in [0.29, 0.717) is 11.8 Å². The predicted octanol–water partition coefficient (Wildman–Crippen LogP) is 9.33. The number of nitrogens with zero attached hydrogens (tertiary/aromatic N) is 1. The number of allylic oxidation sites excluding steroid dienone is 3. The fourth-order valence-electron chi connectivity index (χ4n) is 4.41. The lowest BCUT2D eigenvalue weighted by Gasteiger charge is -2.30. The van der Waals surface area contributed by atoms with Crippen molar-refractivity contribution in [1.29, 1.82) is 0 Å². The van der Waals surface area contributed by atoms with Crippen LogP contribution in [0.2, 0.25) is 0 Å². The minimum Gasteiger partial charge on any atom is -0.375 e. The van der Waals surface area contributed by atoms with Gasteiger partial charge < -0.3 is 4.90 Å². The SMILES string of the molecule is C=CC(CCC(C)C)C(CCCN(CCC)C(=C)CCCCC)C(=C=CC)CCC. The maximum atomic E-state index is 4.42. The van der Waals surface area contributed by atoms with Gasteiger partial charge in [0.15, 0.2) is 0 Å². The summed E-state index contributed by atoms with van der Waals surface area (Å²) < 4.78 is 0. The molecule has 1 nitrogen and oxygen atoms in total.